The zero-order valence-corrected chi connectivity index (χ0v) is 10.5. The fraction of sp³-hybridized carbons (Fsp3) is 0.188. The Bertz CT molecular complexity index is 587. The van der Waals surface area contributed by atoms with E-state index in [0.29, 0.717) is 5.56 Å². The van der Waals surface area contributed by atoms with Crippen molar-refractivity contribution in [2.45, 2.75) is 20.3 Å². The molecule has 0 aliphatic rings. The van der Waals surface area contributed by atoms with Crippen molar-refractivity contribution >= 4 is 5.78 Å². The number of rotatable bonds is 3. The molecule has 0 aromatic heterocycles. The number of benzene rings is 2. The summed E-state index contributed by atoms with van der Waals surface area (Å²) in [4.78, 5) is 11.6. The van der Waals surface area contributed by atoms with Crippen LogP contribution in [0.4, 0.5) is 4.39 Å². The van der Waals surface area contributed by atoms with Crippen molar-refractivity contribution in [2.75, 3.05) is 0 Å². The Balaban J connectivity index is 2.59. The van der Waals surface area contributed by atoms with Crippen molar-refractivity contribution in [3.63, 3.8) is 0 Å². The average Bonchev–Trinajstić information content (AvgIpc) is 2.38. The SMILES string of the molecule is CCc1cccc(-c2ccc(F)cc2C(C)=O)c1. The molecule has 0 unspecified atom stereocenters. The van der Waals surface area contributed by atoms with Crippen LogP contribution in [0.5, 0.6) is 0 Å². The molecule has 0 saturated carbocycles. The van der Waals surface area contributed by atoms with Crippen molar-refractivity contribution in [3.8, 4) is 11.1 Å². The van der Waals surface area contributed by atoms with Crippen LogP contribution >= 0.6 is 0 Å². The third-order valence-corrected chi connectivity index (χ3v) is 3.01. The molecule has 2 rings (SSSR count). The maximum atomic E-state index is 13.2. The standard InChI is InChI=1S/C16H15FO/c1-3-12-5-4-6-13(9-12)15-8-7-14(17)10-16(15)11(2)18/h4-10H,3H2,1-2H3. The van der Waals surface area contributed by atoms with Crippen molar-refractivity contribution in [2.24, 2.45) is 0 Å². The van der Waals surface area contributed by atoms with Crippen molar-refractivity contribution in [1.82, 2.24) is 0 Å². The van der Waals surface area contributed by atoms with Gasteiger partial charge in [0.15, 0.2) is 5.78 Å². The summed E-state index contributed by atoms with van der Waals surface area (Å²) in [6.45, 7) is 3.54. The molecule has 0 aliphatic carbocycles. The number of carbonyl (C=O) groups is 1. The molecule has 0 atom stereocenters. The second-order valence-electron chi connectivity index (χ2n) is 4.30. The molecule has 0 amide bonds. The van der Waals surface area contributed by atoms with Gasteiger partial charge in [0.25, 0.3) is 0 Å². The number of carbonyl (C=O) groups excluding carboxylic acids is 1. The van der Waals surface area contributed by atoms with E-state index in [1.165, 1.54) is 24.6 Å². The van der Waals surface area contributed by atoms with E-state index in [4.69, 9.17) is 0 Å². The number of hydrogen-bond donors (Lipinski definition) is 0. The second kappa shape index (κ2) is 5.13. The van der Waals surface area contributed by atoms with Gasteiger partial charge in [-0.25, -0.2) is 4.39 Å². The molecule has 18 heavy (non-hydrogen) atoms. The Kier molecular flexibility index (Phi) is 3.56. The van der Waals surface area contributed by atoms with E-state index in [0.717, 1.165) is 17.5 Å². The van der Waals surface area contributed by atoms with Crippen LogP contribution in [-0.2, 0) is 6.42 Å². The van der Waals surface area contributed by atoms with Crippen LogP contribution in [-0.4, -0.2) is 5.78 Å². The van der Waals surface area contributed by atoms with E-state index in [1.54, 1.807) is 6.07 Å². The Labute approximate surface area is 106 Å². The quantitative estimate of drug-likeness (QED) is 0.735. The smallest absolute Gasteiger partial charge is 0.160 e. The van der Waals surface area contributed by atoms with Gasteiger partial charge in [-0.1, -0.05) is 37.3 Å². The summed E-state index contributed by atoms with van der Waals surface area (Å²) in [5.41, 5.74) is 3.38. The zero-order chi connectivity index (χ0) is 13.1. The highest BCUT2D eigenvalue weighted by atomic mass is 19.1. The third-order valence-electron chi connectivity index (χ3n) is 3.01. The van der Waals surface area contributed by atoms with Crippen molar-refractivity contribution in [1.29, 1.82) is 0 Å². The average molecular weight is 242 g/mol. The number of Topliss-reactive ketones (excluding diaryl/α,β-unsaturated/α-hetero) is 1. The minimum atomic E-state index is -0.379. The van der Waals surface area contributed by atoms with Gasteiger partial charge in [0.05, 0.1) is 0 Å². The molecule has 0 bridgehead atoms. The normalized spacial score (nSPS) is 10.4. The first-order chi connectivity index (χ1) is 8.61. The predicted octanol–water partition coefficient (Wildman–Crippen LogP) is 4.26. The maximum Gasteiger partial charge on any atom is 0.160 e. The van der Waals surface area contributed by atoms with Crippen LogP contribution in [0.3, 0.4) is 0 Å². The minimum Gasteiger partial charge on any atom is -0.294 e. The first-order valence-corrected chi connectivity index (χ1v) is 6.01. The molecule has 2 heteroatoms. The Morgan fingerprint density at radius 2 is 1.94 bits per heavy atom. The van der Waals surface area contributed by atoms with Gasteiger partial charge in [-0.05, 0) is 42.2 Å². The molecule has 0 N–H and O–H groups in total. The van der Waals surface area contributed by atoms with Gasteiger partial charge >= 0.3 is 0 Å². The molecule has 0 radical (unpaired) electrons. The van der Waals surface area contributed by atoms with Crippen molar-refractivity contribution < 1.29 is 9.18 Å². The lowest BCUT2D eigenvalue weighted by atomic mass is 9.95. The Morgan fingerprint density at radius 1 is 1.17 bits per heavy atom. The number of ketones is 1. The fourth-order valence-electron chi connectivity index (χ4n) is 2.02. The highest BCUT2D eigenvalue weighted by Gasteiger charge is 2.10. The summed E-state index contributed by atoms with van der Waals surface area (Å²) in [7, 11) is 0. The molecule has 0 heterocycles. The van der Waals surface area contributed by atoms with E-state index in [1.807, 2.05) is 24.3 Å². The van der Waals surface area contributed by atoms with Gasteiger partial charge in [-0.3, -0.25) is 4.79 Å². The molecule has 0 saturated heterocycles. The van der Waals surface area contributed by atoms with Crippen LogP contribution in [0.25, 0.3) is 11.1 Å². The largest absolute Gasteiger partial charge is 0.294 e. The highest BCUT2D eigenvalue weighted by molar-refractivity contribution is 6.00. The van der Waals surface area contributed by atoms with Crippen molar-refractivity contribution in [3.05, 3.63) is 59.4 Å². The second-order valence-corrected chi connectivity index (χ2v) is 4.30. The number of hydrogen-bond acceptors (Lipinski definition) is 1. The molecule has 2 aromatic rings. The summed E-state index contributed by atoms with van der Waals surface area (Å²) in [6, 6.07) is 12.3. The first-order valence-electron chi connectivity index (χ1n) is 6.01. The van der Waals surface area contributed by atoms with Gasteiger partial charge in [-0.15, -0.1) is 0 Å². The van der Waals surface area contributed by atoms with Crippen LogP contribution in [0.2, 0.25) is 0 Å². The third kappa shape index (κ3) is 2.48. The summed E-state index contributed by atoms with van der Waals surface area (Å²) in [6.07, 6.45) is 0.935. The molecule has 0 fully saturated rings. The topological polar surface area (TPSA) is 17.1 Å². The molecule has 0 spiro atoms. The van der Waals surface area contributed by atoms with Crippen LogP contribution in [0.15, 0.2) is 42.5 Å². The lowest BCUT2D eigenvalue weighted by molar-refractivity contribution is 0.101. The molecule has 0 aliphatic heterocycles. The summed E-state index contributed by atoms with van der Waals surface area (Å²) in [5.74, 6) is -0.498. The summed E-state index contributed by atoms with van der Waals surface area (Å²) < 4.78 is 13.2. The van der Waals surface area contributed by atoms with Gasteiger partial charge in [0.2, 0.25) is 0 Å². The molecule has 1 nitrogen and oxygen atoms in total. The van der Waals surface area contributed by atoms with Crippen LogP contribution in [0, 0.1) is 5.82 Å². The predicted molar refractivity (Wildman–Crippen MR) is 71.2 cm³/mol. The Hall–Kier alpha value is -1.96. The van der Waals surface area contributed by atoms with E-state index < -0.39 is 0 Å². The van der Waals surface area contributed by atoms with Crippen LogP contribution < -0.4 is 0 Å². The molecular weight excluding hydrogens is 227 g/mol. The minimum absolute atomic E-state index is 0.119. The van der Waals surface area contributed by atoms with Crippen LogP contribution in [0.1, 0.15) is 29.8 Å². The highest BCUT2D eigenvalue weighted by Crippen LogP contribution is 2.26. The molecule has 2 aromatic carbocycles. The van der Waals surface area contributed by atoms with Gasteiger partial charge in [0.1, 0.15) is 5.82 Å². The van der Waals surface area contributed by atoms with Gasteiger partial charge < -0.3 is 0 Å². The Morgan fingerprint density at radius 3 is 2.61 bits per heavy atom. The lowest BCUT2D eigenvalue weighted by Crippen LogP contribution is -1.97. The van der Waals surface area contributed by atoms with E-state index in [-0.39, 0.29) is 11.6 Å². The van der Waals surface area contributed by atoms with E-state index >= 15 is 0 Å². The van der Waals surface area contributed by atoms with E-state index in [2.05, 4.69) is 6.92 Å². The molecular formula is C16H15FO. The fourth-order valence-corrected chi connectivity index (χ4v) is 2.02. The lowest BCUT2D eigenvalue weighted by Gasteiger charge is -2.08. The molecule has 92 valence electrons. The summed E-state index contributed by atoms with van der Waals surface area (Å²) in [5, 5.41) is 0. The monoisotopic (exact) mass is 242 g/mol. The first kappa shape index (κ1) is 12.5. The number of aryl methyl sites for hydroxylation is 1. The van der Waals surface area contributed by atoms with Gasteiger partial charge in [-0.2, -0.15) is 0 Å². The number of halogens is 1. The van der Waals surface area contributed by atoms with Gasteiger partial charge in [0, 0.05) is 5.56 Å². The van der Waals surface area contributed by atoms with E-state index in [9.17, 15) is 9.18 Å². The zero-order valence-electron chi connectivity index (χ0n) is 10.5. The maximum absolute atomic E-state index is 13.2. The summed E-state index contributed by atoms with van der Waals surface area (Å²) >= 11 is 0.